The van der Waals surface area contributed by atoms with Crippen LogP contribution in [-0.4, -0.2) is 19.5 Å². The lowest BCUT2D eigenvalue weighted by atomic mass is 10.3. The van der Waals surface area contributed by atoms with Crippen molar-refractivity contribution in [1.29, 1.82) is 0 Å². The Morgan fingerprint density at radius 3 is 2.96 bits per heavy atom. The van der Waals surface area contributed by atoms with E-state index in [4.69, 9.17) is 23.8 Å². The summed E-state index contributed by atoms with van der Waals surface area (Å²) in [6, 6.07) is 5.73. The molecule has 0 aliphatic heterocycles. The van der Waals surface area contributed by atoms with Crippen LogP contribution in [0, 0.1) is 12.3 Å². The smallest absolute Gasteiger partial charge is 0.175 e. The average Bonchev–Trinajstić information content (AvgIpc) is 2.90. The summed E-state index contributed by atoms with van der Waals surface area (Å²) in [5.41, 5.74) is 7.23. The molecule has 0 amide bonds. The zero-order chi connectivity index (χ0) is 17.1. The molecule has 0 saturated carbocycles. The molecular weight excluding hydrogens is 410 g/mol. The Kier molecular flexibility index (Phi) is 5.29. The van der Waals surface area contributed by atoms with E-state index in [1.807, 2.05) is 22.8 Å². The normalized spacial score (nSPS) is 10.9. The van der Waals surface area contributed by atoms with E-state index in [-0.39, 0.29) is 0 Å². The molecule has 0 unspecified atom stereocenters. The highest BCUT2D eigenvalue weighted by Crippen LogP contribution is 2.36. The Labute approximate surface area is 157 Å². The van der Waals surface area contributed by atoms with Crippen molar-refractivity contribution >= 4 is 56.3 Å². The third-order valence-electron chi connectivity index (χ3n) is 3.32. The van der Waals surface area contributed by atoms with Crippen molar-refractivity contribution in [3.63, 3.8) is 0 Å². The number of rotatable bonds is 5. The molecule has 0 radical (unpaired) electrons. The third kappa shape index (κ3) is 3.51. The first-order valence-corrected chi connectivity index (χ1v) is 9.12. The number of nitrogens with two attached hydrogens (primary N) is 1. The maximum Gasteiger partial charge on any atom is 0.175 e. The topological polar surface area (TPSA) is 69.6 Å². The van der Waals surface area contributed by atoms with Crippen LogP contribution < -0.4 is 5.73 Å². The Hall–Kier alpha value is -1.75. The van der Waals surface area contributed by atoms with Gasteiger partial charge in [0.15, 0.2) is 22.1 Å². The van der Waals surface area contributed by atoms with E-state index in [0.717, 1.165) is 20.9 Å². The van der Waals surface area contributed by atoms with Gasteiger partial charge in [0.1, 0.15) is 6.33 Å². The molecule has 0 saturated heterocycles. The van der Waals surface area contributed by atoms with Crippen LogP contribution in [0.2, 0.25) is 5.02 Å². The van der Waals surface area contributed by atoms with E-state index in [1.54, 1.807) is 0 Å². The van der Waals surface area contributed by atoms with Crippen LogP contribution in [0.25, 0.3) is 11.2 Å². The number of imidazole rings is 1. The molecule has 122 valence electrons. The van der Waals surface area contributed by atoms with Gasteiger partial charge in [0.25, 0.3) is 0 Å². The summed E-state index contributed by atoms with van der Waals surface area (Å²) in [5.74, 6) is 3.01. The number of benzene rings is 1. The van der Waals surface area contributed by atoms with Gasteiger partial charge in [-0.25, -0.2) is 15.0 Å². The van der Waals surface area contributed by atoms with Crippen molar-refractivity contribution in [2.24, 2.45) is 0 Å². The standard InChI is InChI=1S/C16H13BrClN5S/c1-2-3-4-7-23-15-13(14(19)20-9-21-15)22-16(23)24-12-6-5-10(17)8-11(12)18/h1,5-6,8-9H,3-4,7H2,(H2,19,20,21). The molecule has 24 heavy (non-hydrogen) atoms. The van der Waals surface area contributed by atoms with Gasteiger partial charge in [-0.15, -0.1) is 12.3 Å². The number of anilines is 1. The number of nitrogens with zero attached hydrogens (tertiary/aromatic N) is 4. The molecule has 8 heteroatoms. The van der Waals surface area contributed by atoms with E-state index < -0.39 is 0 Å². The summed E-state index contributed by atoms with van der Waals surface area (Å²) in [5, 5.41) is 1.41. The first kappa shape index (κ1) is 17.1. The summed E-state index contributed by atoms with van der Waals surface area (Å²) in [6.07, 6.45) is 8.31. The molecule has 2 aromatic heterocycles. The lowest BCUT2D eigenvalue weighted by Gasteiger charge is -2.08. The summed E-state index contributed by atoms with van der Waals surface area (Å²) < 4.78 is 2.93. The van der Waals surface area contributed by atoms with Crippen molar-refractivity contribution in [1.82, 2.24) is 19.5 Å². The van der Waals surface area contributed by atoms with E-state index in [1.165, 1.54) is 18.1 Å². The van der Waals surface area contributed by atoms with Gasteiger partial charge < -0.3 is 10.3 Å². The summed E-state index contributed by atoms with van der Waals surface area (Å²) in [4.78, 5) is 13.8. The first-order chi connectivity index (χ1) is 11.6. The minimum atomic E-state index is 0.361. The molecule has 5 nitrogen and oxygen atoms in total. The quantitative estimate of drug-likeness (QED) is 0.488. The molecule has 1 aromatic carbocycles. The zero-order valence-electron chi connectivity index (χ0n) is 12.5. The van der Waals surface area contributed by atoms with Crippen LogP contribution in [0.4, 0.5) is 5.82 Å². The lowest BCUT2D eigenvalue weighted by Crippen LogP contribution is -2.01. The summed E-state index contributed by atoms with van der Waals surface area (Å²) in [7, 11) is 0. The van der Waals surface area contributed by atoms with Crippen molar-refractivity contribution in [2.45, 2.75) is 29.4 Å². The van der Waals surface area contributed by atoms with Gasteiger partial charge in [0.05, 0.1) is 5.02 Å². The Morgan fingerprint density at radius 1 is 1.38 bits per heavy atom. The van der Waals surface area contributed by atoms with Gasteiger partial charge in [-0.3, -0.25) is 0 Å². The molecule has 0 spiro atoms. The van der Waals surface area contributed by atoms with Crippen molar-refractivity contribution in [2.75, 3.05) is 5.73 Å². The maximum atomic E-state index is 6.32. The van der Waals surface area contributed by atoms with Crippen LogP contribution >= 0.6 is 39.3 Å². The first-order valence-electron chi connectivity index (χ1n) is 7.13. The minimum absolute atomic E-state index is 0.361. The van der Waals surface area contributed by atoms with Gasteiger partial charge >= 0.3 is 0 Å². The molecule has 2 N–H and O–H groups in total. The lowest BCUT2D eigenvalue weighted by molar-refractivity contribution is 0.615. The number of terminal acetylenes is 1. The van der Waals surface area contributed by atoms with E-state index in [9.17, 15) is 0 Å². The highest BCUT2D eigenvalue weighted by molar-refractivity contribution is 9.10. The Morgan fingerprint density at radius 2 is 2.21 bits per heavy atom. The molecular formula is C16H13BrClN5S. The number of aromatic nitrogens is 4. The fourth-order valence-electron chi connectivity index (χ4n) is 2.21. The summed E-state index contributed by atoms with van der Waals surface area (Å²) >= 11 is 11.2. The predicted octanol–water partition coefficient (Wildman–Crippen LogP) is 4.39. The number of fused-ring (bicyclic) bond motifs is 1. The monoisotopic (exact) mass is 421 g/mol. The Balaban J connectivity index is 2.03. The van der Waals surface area contributed by atoms with Gasteiger partial charge in [-0.2, -0.15) is 0 Å². The largest absolute Gasteiger partial charge is 0.382 e. The van der Waals surface area contributed by atoms with E-state index in [0.29, 0.717) is 35.0 Å². The van der Waals surface area contributed by atoms with Crippen molar-refractivity contribution < 1.29 is 0 Å². The number of aryl methyl sites for hydroxylation is 1. The second-order valence-electron chi connectivity index (χ2n) is 4.96. The van der Waals surface area contributed by atoms with Crippen LogP contribution in [0.5, 0.6) is 0 Å². The fourth-order valence-corrected chi connectivity index (χ4v) is 3.91. The predicted molar refractivity (Wildman–Crippen MR) is 101 cm³/mol. The highest BCUT2D eigenvalue weighted by atomic mass is 79.9. The van der Waals surface area contributed by atoms with Crippen LogP contribution in [-0.2, 0) is 6.54 Å². The fraction of sp³-hybridized carbons (Fsp3) is 0.188. The average molecular weight is 423 g/mol. The highest BCUT2D eigenvalue weighted by Gasteiger charge is 2.16. The molecule has 0 aliphatic carbocycles. The molecule has 0 bridgehead atoms. The van der Waals surface area contributed by atoms with E-state index >= 15 is 0 Å². The van der Waals surface area contributed by atoms with Crippen molar-refractivity contribution in [3.8, 4) is 12.3 Å². The van der Waals surface area contributed by atoms with Crippen LogP contribution in [0.15, 0.2) is 39.1 Å². The molecule has 0 atom stereocenters. The SMILES string of the molecule is C#CCCCn1c(Sc2ccc(Br)cc2Cl)nc2c(N)ncnc21. The van der Waals surface area contributed by atoms with Gasteiger partial charge in [-0.05, 0) is 24.6 Å². The zero-order valence-corrected chi connectivity index (χ0v) is 15.7. The minimum Gasteiger partial charge on any atom is -0.382 e. The number of hydrogen-bond acceptors (Lipinski definition) is 5. The second kappa shape index (κ2) is 7.43. The molecule has 2 heterocycles. The van der Waals surface area contributed by atoms with Crippen LogP contribution in [0.1, 0.15) is 12.8 Å². The van der Waals surface area contributed by atoms with Gasteiger partial charge in [0, 0.05) is 22.3 Å². The number of halogens is 2. The Bertz CT molecular complexity index is 934. The number of hydrogen-bond donors (Lipinski definition) is 1. The van der Waals surface area contributed by atoms with Gasteiger partial charge in [-0.1, -0.05) is 39.3 Å². The summed E-state index contributed by atoms with van der Waals surface area (Å²) in [6.45, 7) is 0.702. The maximum absolute atomic E-state index is 6.32. The van der Waals surface area contributed by atoms with E-state index in [2.05, 4.69) is 36.8 Å². The molecule has 3 rings (SSSR count). The third-order valence-corrected chi connectivity index (χ3v) is 5.31. The number of unbranched alkanes of at least 4 members (excludes halogenated alkanes) is 1. The molecule has 3 aromatic rings. The van der Waals surface area contributed by atoms with Crippen molar-refractivity contribution in [3.05, 3.63) is 34.0 Å². The number of nitrogen functional groups attached to an aromatic ring is 1. The molecule has 0 fully saturated rings. The van der Waals surface area contributed by atoms with Crippen LogP contribution in [0.3, 0.4) is 0 Å². The van der Waals surface area contributed by atoms with Gasteiger partial charge in [0.2, 0.25) is 0 Å². The second-order valence-corrected chi connectivity index (χ2v) is 7.29. The molecule has 0 aliphatic rings.